The van der Waals surface area contributed by atoms with Gasteiger partial charge >= 0.3 is 0 Å². The maximum absolute atomic E-state index is 12.2. The van der Waals surface area contributed by atoms with Crippen LogP contribution in [0.4, 0.5) is 0 Å². The van der Waals surface area contributed by atoms with Crippen LogP contribution in [-0.2, 0) is 4.79 Å². The first kappa shape index (κ1) is 24.2. The van der Waals surface area contributed by atoms with Gasteiger partial charge in [-0.25, -0.2) is 0 Å². The van der Waals surface area contributed by atoms with E-state index in [1.54, 1.807) is 30.4 Å². The third-order valence-electron chi connectivity index (χ3n) is 4.79. The van der Waals surface area contributed by atoms with E-state index < -0.39 is 0 Å². The number of para-hydroxylation sites is 1. The van der Waals surface area contributed by atoms with E-state index in [1.807, 2.05) is 24.3 Å². The van der Waals surface area contributed by atoms with Crippen LogP contribution in [0.15, 0.2) is 54.6 Å². The van der Waals surface area contributed by atoms with Crippen molar-refractivity contribution >= 4 is 17.9 Å². The van der Waals surface area contributed by atoms with Crippen LogP contribution in [0.3, 0.4) is 0 Å². The minimum atomic E-state index is -0.174. The number of aromatic hydroxyl groups is 1. The molecule has 0 atom stereocenters. The highest BCUT2D eigenvalue weighted by Gasteiger charge is 2.07. The fourth-order valence-electron chi connectivity index (χ4n) is 2.95. The summed E-state index contributed by atoms with van der Waals surface area (Å²) in [6.07, 6.45) is 7.22. The minimum Gasteiger partial charge on any atom is -0.504 e. The van der Waals surface area contributed by atoms with Gasteiger partial charge in [0, 0.05) is 12.1 Å². The van der Waals surface area contributed by atoms with Gasteiger partial charge in [-0.1, -0.05) is 51.1 Å². The van der Waals surface area contributed by atoms with Crippen molar-refractivity contribution in [2.75, 3.05) is 32.8 Å². The van der Waals surface area contributed by atoms with E-state index in [0.717, 1.165) is 37.4 Å². The lowest BCUT2D eigenvalue weighted by molar-refractivity contribution is -0.110. The molecule has 0 aromatic heterocycles. The molecule has 0 fully saturated rings. The van der Waals surface area contributed by atoms with E-state index in [0.29, 0.717) is 24.5 Å². The number of benzene rings is 2. The molecule has 0 amide bonds. The van der Waals surface area contributed by atoms with Crippen molar-refractivity contribution in [2.24, 2.45) is 0 Å². The lowest BCUT2D eigenvalue weighted by atomic mass is 10.1. The van der Waals surface area contributed by atoms with Gasteiger partial charge in [0.05, 0.1) is 6.61 Å². The van der Waals surface area contributed by atoms with E-state index in [9.17, 15) is 9.90 Å². The number of hydrogen-bond acceptors (Lipinski definition) is 5. The molecule has 1 N–H and O–H groups in total. The van der Waals surface area contributed by atoms with E-state index in [-0.39, 0.29) is 11.5 Å². The van der Waals surface area contributed by atoms with Crippen LogP contribution >= 0.6 is 0 Å². The Morgan fingerprint density at radius 2 is 1.71 bits per heavy atom. The average molecular weight is 424 g/mol. The molecular weight excluding hydrogens is 390 g/mol. The largest absolute Gasteiger partial charge is 0.504 e. The number of phenols is 1. The highest BCUT2D eigenvalue weighted by Crippen LogP contribution is 2.30. The third kappa shape index (κ3) is 8.30. The number of carbonyl (C=O) groups is 1. The van der Waals surface area contributed by atoms with E-state index in [2.05, 4.69) is 25.7 Å². The number of rotatable bonds is 13. The zero-order chi connectivity index (χ0) is 22.5. The van der Waals surface area contributed by atoms with Crippen molar-refractivity contribution in [3.63, 3.8) is 0 Å². The number of ketones is 1. The molecule has 5 heteroatoms. The molecule has 0 aliphatic carbocycles. The molecule has 5 nitrogen and oxygen atoms in total. The zero-order valence-electron chi connectivity index (χ0n) is 18.7. The number of phenolic OH excluding ortho intramolecular Hbond substituents is 1. The summed E-state index contributed by atoms with van der Waals surface area (Å²) in [6, 6.07) is 12.9. The Morgan fingerprint density at radius 1 is 0.968 bits per heavy atom. The standard InChI is InChI=1S/C26H33NO4/c1-4-18-30-24-11-7-9-21(20-24)13-15-23(28)16-14-22-10-8-12-25(26(22)29)31-19-17-27(5-2)6-3/h7-16,20,29H,4-6,17-19H2,1-3H3/b15-13+,16-14+. The van der Waals surface area contributed by atoms with Crippen LogP contribution in [0.25, 0.3) is 12.2 Å². The molecule has 0 bridgehead atoms. The van der Waals surface area contributed by atoms with Crippen LogP contribution in [-0.4, -0.2) is 48.6 Å². The minimum absolute atomic E-state index is 0.0378. The smallest absolute Gasteiger partial charge is 0.178 e. The van der Waals surface area contributed by atoms with Gasteiger partial charge in [-0.15, -0.1) is 0 Å². The second-order valence-corrected chi connectivity index (χ2v) is 7.06. The molecule has 2 aromatic carbocycles. The molecule has 0 aliphatic heterocycles. The van der Waals surface area contributed by atoms with Gasteiger partial charge in [0.25, 0.3) is 0 Å². The predicted octanol–water partition coefficient (Wildman–Crippen LogP) is 5.20. The summed E-state index contributed by atoms with van der Waals surface area (Å²) in [5, 5.41) is 10.5. The first-order valence-electron chi connectivity index (χ1n) is 10.9. The van der Waals surface area contributed by atoms with Crippen LogP contribution in [0.1, 0.15) is 38.3 Å². The van der Waals surface area contributed by atoms with Crippen LogP contribution in [0.2, 0.25) is 0 Å². The maximum atomic E-state index is 12.2. The molecule has 0 aliphatic rings. The van der Waals surface area contributed by atoms with Crippen molar-refractivity contribution in [1.29, 1.82) is 0 Å². The molecule has 31 heavy (non-hydrogen) atoms. The zero-order valence-corrected chi connectivity index (χ0v) is 18.7. The summed E-state index contributed by atoms with van der Waals surface area (Å²) >= 11 is 0. The van der Waals surface area contributed by atoms with E-state index in [4.69, 9.17) is 9.47 Å². The van der Waals surface area contributed by atoms with Crippen LogP contribution in [0.5, 0.6) is 17.2 Å². The molecule has 0 radical (unpaired) electrons. The second kappa shape index (κ2) is 13.3. The quantitative estimate of drug-likeness (QED) is 0.449. The summed E-state index contributed by atoms with van der Waals surface area (Å²) in [5.41, 5.74) is 1.43. The van der Waals surface area contributed by atoms with Crippen molar-refractivity contribution in [3.05, 3.63) is 65.7 Å². The Labute approximate surface area is 185 Å². The Bertz CT molecular complexity index is 885. The van der Waals surface area contributed by atoms with Gasteiger partial charge in [-0.2, -0.15) is 0 Å². The van der Waals surface area contributed by atoms with E-state index in [1.165, 1.54) is 12.2 Å². The molecule has 0 saturated heterocycles. The maximum Gasteiger partial charge on any atom is 0.178 e. The fourth-order valence-corrected chi connectivity index (χ4v) is 2.95. The van der Waals surface area contributed by atoms with E-state index >= 15 is 0 Å². The normalized spacial score (nSPS) is 11.5. The lowest BCUT2D eigenvalue weighted by Crippen LogP contribution is -2.27. The summed E-state index contributed by atoms with van der Waals surface area (Å²) in [4.78, 5) is 14.5. The van der Waals surface area contributed by atoms with Gasteiger partial charge in [-0.3, -0.25) is 4.79 Å². The molecule has 2 rings (SSSR count). The SMILES string of the molecule is CCCOc1cccc(/C=C/C(=O)/C=C/c2cccc(OCCN(CC)CC)c2O)c1. The lowest BCUT2D eigenvalue weighted by Gasteiger charge is -2.18. The third-order valence-corrected chi connectivity index (χ3v) is 4.79. The molecule has 0 spiro atoms. The summed E-state index contributed by atoms with van der Waals surface area (Å²) in [7, 11) is 0. The van der Waals surface area contributed by atoms with Crippen molar-refractivity contribution in [1.82, 2.24) is 4.90 Å². The highest BCUT2D eigenvalue weighted by molar-refractivity contribution is 6.04. The fraction of sp³-hybridized carbons (Fsp3) is 0.346. The van der Waals surface area contributed by atoms with Gasteiger partial charge < -0.3 is 19.5 Å². The Morgan fingerprint density at radius 3 is 2.45 bits per heavy atom. The van der Waals surface area contributed by atoms with Crippen LogP contribution in [0, 0.1) is 0 Å². The van der Waals surface area contributed by atoms with Gasteiger partial charge in [0.2, 0.25) is 0 Å². The summed E-state index contributed by atoms with van der Waals surface area (Å²) in [5.74, 6) is 1.07. The molecular formula is C26H33NO4. The molecule has 0 unspecified atom stereocenters. The highest BCUT2D eigenvalue weighted by atomic mass is 16.5. The van der Waals surface area contributed by atoms with Crippen molar-refractivity contribution < 1.29 is 19.4 Å². The Kier molecular flexibility index (Phi) is 10.4. The van der Waals surface area contributed by atoms with Crippen molar-refractivity contribution in [3.8, 4) is 17.2 Å². The summed E-state index contributed by atoms with van der Waals surface area (Å²) in [6.45, 7) is 10.1. The van der Waals surface area contributed by atoms with Gasteiger partial charge in [0.15, 0.2) is 17.3 Å². The molecule has 166 valence electrons. The first-order valence-corrected chi connectivity index (χ1v) is 10.9. The number of allylic oxidation sites excluding steroid dienone is 2. The van der Waals surface area contributed by atoms with Crippen LogP contribution < -0.4 is 9.47 Å². The van der Waals surface area contributed by atoms with Crippen molar-refractivity contribution in [2.45, 2.75) is 27.2 Å². The summed E-state index contributed by atoms with van der Waals surface area (Å²) < 4.78 is 11.3. The molecule has 2 aromatic rings. The van der Waals surface area contributed by atoms with Gasteiger partial charge in [0.1, 0.15) is 12.4 Å². The molecule has 0 saturated carbocycles. The monoisotopic (exact) mass is 423 g/mol. The number of carbonyl (C=O) groups excluding carboxylic acids is 1. The number of hydrogen-bond donors (Lipinski definition) is 1. The Hall–Kier alpha value is -3.05. The first-order chi connectivity index (χ1) is 15.1. The Balaban J connectivity index is 1.97. The topological polar surface area (TPSA) is 59.0 Å². The number of nitrogens with zero attached hydrogens (tertiary/aromatic N) is 1. The number of ether oxygens (including phenoxy) is 2. The number of likely N-dealkylation sites (N-methyl/N-ethyl adjacent to an activating group) is 1. The predicted molar refractivity (Wildman–Crippen MR) is 127 cm³/mol. The molecule has 0 heterocycles. The second-order valence-electron chi connectivity index (χ2n) is 7.06. The van der Waals surface area contributed by atoms with Gasteiger partial charge in [-0.05, 0) is 61.5 Å². The average Bonchev–Trinajstić information content (AvgIpc) is 2.79.